The van der Waals surface area contributed by atoms with Gasteiger partial charge in [0.25, 0.3) is 0 Å². The fourth-order valence-electron chi connectivity index (χ4n) is 1.77. The molecule has 0 amide bonds. The summed E-state index contributed by atoms with van der Waals surface area (Å²) in [6, 6.07) is 11.9. The maximum Gasteiger partial charge on any atom is 0.133 e. The molecule has 0 radical (unpaired) electrons. The average Bonchev–Trinajstić information content (AvgIpc) is 2.29. The lowest BCUT2D eigenvalue weighted by Crippen LogP contribution is -1.95. The summed E-state index contributed by atoms with van der Waals surface area (Å²) in [5.41, 5.74) is 3.20. The van der Waals surface area contributed by atoms with Crippen molar-refractivity contribution in [1.29, 1.82) is 10.5 Å². The Bertz CT molecular complexity index is 494. The van der Waals surface area contributed by atoms with Gasteiger partial charge in [0, 0.05) is 0 Å². The second-order valence-electron chi connectivity index (χ2n) is 4.54. The lowest BCUT2D eigenvalue weighted by Gasteiger charge is -2.11. The van der Waals surface area contributed by atoms with Crippen LogP contribution in [-0.4, -0.2) is 0 Å². The van der Waals surface area contributed by atoms with Gasteiger partial charge in [-0.15, -0.1) is 0 Å². The van der Waals surface area contributed by atoms with E-state index in [1.807, 2.05) is 43.3 Å². The Kier molecular flexibility index (Phi) is 4.49. The summed E-state index contributed by atoms with van der Waals surface area (Å²) >= 11 is 0. The predicted octanol–water partition coefficient (Wildman–Crippen LogP) is 3.84. The van der Waals surface area contributed by atoms with Gasteiger partial charge < -0.3 is 0 Å². The van der Waals surface area contributed by atoms with Crippen molar-refractivity contribution in [2.24, 2.45) is 5.92 Å². The quantitative estimate of drug-likeness (QED) is 0.732. The van der Waals surface area contributed by atoms with Crippen LogP contribution in [0.4, 0.5) is 0 Å². The number of benzene rings is 1. The lowest BCUT2D eigenvalue weighted by atomic mass is 9.92. The molecule has 86 valence electrons. The van der Waals surface area contributed by atoms with E-state index in [4.69, 9.17) is 10.5 Å². The zero-order valence-electron chi connectivity index (χ0n) is 10.5. The minimum Gasteiger partial charge on any atom is -0.192 e. The first-order chi connectivity index (χ1) is 8.08. The molecule has 1 aromatic rings. The molecule has 2 heteroatoms. The van der Waals surface area contributed by atoms with Gasteiger partial charge in [-0.05, 0) is 30.4 Å². The van der Waals surface area contributed by atoms with Crippen molar-refractivity contribution >= 4 is 5.57 Å². The number of aryl methyl sites for hydroxylation is 1. The number of rotatable bonds is 3. The molecule has 0 aliphatic heterocycles. The zero-order chi connectivity index (χ0) is 12.8. The van der Waals surface area contributed by atoms with Gasteiger partial charge in [-0.25, -0.2) is 0 Å². The number of nitriles is 2. The Labute approximate surface area is 103 Å². The van der Waals surface area contributed by atoms with Crippen LogP contribution in [0, 0.1) is 35.5 Å². The SMILES string of the molecule is Cc1cccc(C(CC(C)C)=C(C#N)C#N)c1. The van der Waals surface area contributed by atoms with Crippen molar-refractivity contribution in [2.45, 2.75) is 27.2 Å². The smallest absolute Gasteiger partial charge is 0.133 e. The number of hydrogen-bond acceptors (Lipinski definition) is 2. The van der Waals surface area contributed by atoms with Crippen LogP contribution < -0.4 is 0 Å². The van der Waals surface area contributed by atoms with Crippen molar-refractivity contribution in [1.82, 2.24) is 0 Å². The van der Waals surface area contributed by atoms with E-state index in [0.29, 0.717) is 5.92 Å². The molecule has 17 heavy (non-hydrogen) atoms. The number of nitrogens with zero attached hydrogens (tertiary/aromatic N) is 2. The Hall–Kier alpha value is -2.06. The summed E-state index contributed by atoms with van der Waals surface area (Å²) in [6.07, 6.45) is 0.750. The molecule has 0 aromatic heterocycles. The van der Waals surface area contributed by atoms with Gasteiger partial charge in [-0.1, -0.05) is 43.7 Å². The first kappa shape index (κ1) is 13.0. The second kappa shape index (κ2) is 5.87. The molecule has 1 rings (SSSR count). The summed E-state index contributed by atoms with van der Waals surface area (Å²) in [7, 11) is 0. The predicted molar refractivity (Wildman–Crippen MR) is 68.8 cm³/mol. The third kappa shape index (κ3) is 3.47. The van der Waals surface area contributed by atoms with E-state index >= 15 is 0 Å². The van der Waals surface area contributed by atoms with Crippen LogP contribution in [0.25, 0.3) is 5.57 Å². The van der Waals surface area contributed by atoms with E-state index in [9.17, 15) is 0 Å². The summed E-state index contributed by atoms with van der Waals surface area (Å²) in [5, 5.41) is 18.0. The molecule has 0 bridgehead atoms. The second-order valence-corrected chi connectivity index (χ2v) is 4.54. The first-order valence-electron chi connectivity index (χ1n) is 5.69. The fraction of sp³-hybridized carbons (Fsp3) is 0.333. The normalized spacial score (nSPS) is 9.53. The van der Waals surface area contributed by atoms with Gasteiger partial charge in [-0.2, -0.15) is 10.5 Å². The van der Waals surface area contributed by atoms with Crippen molar-refractivity contribution in [3.8, 4) is 12.1 Å². The highest BCUT2D eigenvalue weighted by Gasteiger charge is 2.11. The molecule has 0 saturated carbocycles. The molecule has 0 spiro atoms. The van der Waals surface area contributed by atoms with Crippen molar-refractivity contribution in [3.05, 3.63) is 41.0 Å². The molecule has 0 atom stereocenters. The van der Waals surface area contributed by atoms with Gasteiger partial charge in [0.2, 0.25) is 0 Å². The molecular formula is C15H16N2. The third-order valence-corrected chi connectivity index (χ3v) is 2.50. The summed E-state index contributed by atoms with van der Waals surface area (Å²) < 4.78 is 0. The van der Waals surface area contributed by atoms with E-state index in [1.165, 1.54) is 0 Å². The van der Waals surface area contributed by atoms with Crippen LogP contribution in [-0.2, 0) is 0 Å². The average molecular weight is 224 g/mol. The highest BCUT2D eigenvalue weighted by atomic mass is 14.3. The summed E-state index contributed by atoms with van der Waals surface area (Å²) in [4.78, 5) is 0. The Balaban J connectivity index is 3.31. The van der Waals surface area contributed by atoms with Crippen molar-refractivity contribution in [3.63, 3.8) is 0 Å². The highest BCUT2D eigenvalue weighted by molar-refractivity contribution is 5.75. The van der Waals surface area contributed by atoms with Gasteiger partial charge in [0.05, 0.1) is 0 Å². The molecule has 0 fully saturated rings. The van der Waals surface area contributed by atoms with E-state index in [1.54, 1.807) is 0 Å². The maximum atomic E-state index is 9.01. The number of hydrogen-bond donors (Lipinski definition) is 0. The van der Waals surface area contributed by atoms with Crippen LogP contribution in [0.2, 0.25) is 0 Å². The van der Waals surface area contributed by atoms with Crippen LogP contribution in [0.5, 0.6) is 0 Å². The minimum absolute atomic E-state index is 0.226. The Morgan fingerprint density at radius 2 is 1.88 bits per heavy atom. The van der Waals surface area contributed by atoms with Crippen molar-refractivity contribution < 1.29 is 0 Å². The highest BCUT2D eigenvalue weighted by Crippen LogP contribution is 2.26. The maximum absolute atomic E-state index is 9.01. The van der Waals surface area contributed by atoms with E-state index < -0.39 is 0 Å². The molecule has 0 aliphatic carbocycles. The van der Waals surface area contributed by atoms with Gasteiger partial charge >= 0.3 is 0 Å². The topological polar surface area (TPSA) is 47.6 Å². The largest absolute Gasteiger partial charge is 0.192 e. The summed E-state index contributed by atoms with van der Waals surface area (Å²) in [6.45, 7) is 6.18. The molecule has 0 saturated heterocycles. The van der Waals surface area contributed by atoms with Gasteiger partial charge in [0.1, 0.15) is 17.7 Å². The molecule has 0 unspecified atom stereocenters. The van der Waals surface area contributed by atoms with Gasteiger partial charge in [0.15, 0.2) is 0 Å². The van der Waals surface area contributed by atoms with Gasteiger partial charge in [-0.3, -0.25) is 0 Å². The zero-order valence-corrected chi connectivity index (χ0v) is 10.5. The van der Waals surface area contributed by atoms with E-state index in [2.05, 4.69) is 13.8 Å². The lowest BCUT2D eigenvalue weighted by molar-refractivity contribution is 0.673. The van der Waals surface area contributed by atoms with Crippen LogP contribution >= 0.6 is 0 Å². The van der Waals surface area contributed by atoms with E-state index in [-0.39, 0.29) is 5.57 Å². The first-order valence-corrected chi connectivity index (χ1v) is 5.69. The molecule has 2 nitrogen and oxygen atoms in total. The molecular weight excluding hydrogens is 208 g/mol. The molecule has 0 aliphatic rings. The minimum atomic E-state index is 0.226. The molecule has 1 aromatic carbocycles. The fourth-order valence-corrected chi connectivity index (χ4v) is 1.77. The molecule has 0 heterocycles. The van der Waals surface area contributed by atoms with Crippen LogP contribution in [0.15, 0.2) is 29.8 Å². The van der Waals surface area contributed by atoms with Crippen LogP contribution in [0.1, 0.15) is 31.4 Å². The monoisotopic (exact) mass is 224 g/mol. The number of allylic oxidation sites excluding steroid dienone is 2. The third-order valence-electron chi connectivity index (χ3n) is 2.50. The van der Waals surface area contributed by atoms with Crippen molar-refractivity contribution in [2.75, 3.05) is 0 Å². The van der Waals surface area contributed by atoms with E-state index in [0.717, 1.165) is 23.1 Å². The van der Waals surface area contributed by atoms with Crippen LogP contribution in [0.3, 0.4) is 0 Å². The Morgan fingerprint density at radius 1 is 1.24 bits per heavy atom. The Morgan fingerprint density at radius 3 is 2.35 bits per heavy atom. The summed E-state index contributed by atoms with van der Waals surface area (Å²) in [5.74, 6) is 0.419. The molecule has 0 N–H and O–H groups in total. The standard InChI is InChI=1S/C15H16N2/c1-11(2)7-15(14(9-16)10-17)13-6-4-5-12(3)8-13/h4-6,8,11H,7H2,1-3H3.